The van der Waals surface area contributed by atoms with Crippen LogP contribution in [0.4, 0.5) is 4.79 Å². The Bertz CT molecular complexity index is 931. The number of thiophene rings is 1. The summed E-state index contributed by atoms with van der Waals surface area (Å²) in [6.45, 7) is 9.71. The fraction of sp³-hybridized carbons (Fsp3) is 0.409. The zero-order valence-corrected chi connectivity index (χ0v) is 18.2. The van der Waals surface area contributed by atoms with Gasteiger partial charge >= 0.3 is 6.03 Å². The molecule has 0 aliphatic carbocycles. The van der Waals surface area contributed by atoms with Crippen LogP contribution in [0.25, 0.3) is 0 Å². The summed E-state index contributed by atoms with van der Waals surface area (Å²) < 4.78 is 0. The lowest BCUT2D eigenvalue weighted by Gasteiger charge is -2.31. The summed E-state index contributed by atoms with van der Waals surface area (Å²) in [5.74, 6) is -0.759. The molecule has 1 aliphatic rings. The maximum absolute atomic E-state index is 12.9. The second-order valence-electron chi connectivity index (χ2n) is 8.48. The molecule has 1 fully saturated rings. The van der Waals surface area contributed by atoms with E-state index in [-0.39, 0.29) is 23.9 Å². The Labute approximate surface area is 175 Å². The lowest BCUT2D eigenvalue weighted by molar-refractivity contribution is -0.132. The van der Waals surface area contributed by atoms with Gasteiger partial charge in [-0.1, -0.05) is 45.0 Å². The van der Waals surface area contributed by atoms with E-state index >= 15 is 0 Å². The van der Waals surface area contributed by atoms with Crippen molar-refractivity contribution in [3.63, 3.8) is 0 Å². The molecular weight excluding hydrogens is 386 g/mol. The average molecular weight is 414 g/mol. The molecule has 0 radical (unpaired) electrons. The Balaban J connectivity index is 1.74. The van der Waals surface area contributed by atoms with Gasteiger partial charge in [-0.3, -0.25) is 14.5 Å². The second kappa shape index (κ2) is 7.99. The number of imide groups is 1. The lowest BCUT2D eigenvalue weighted by atomic mass is 9.85. The highest BCUT2D eigenvalue weighted by Gasteiger charge is 2.41. The van der Waals surface area contributed by atoms with Gasteiger partial charge < -0.3 is 10.6 Å². The van der Waals surface area contributed by atoms with Crippen LogP contribution in [-0.2, 0) is 9.59 Å². The van der Waals surface area contributed by atoms with E-state index < -0.39 is 18.0 Å². The van der Waals surface area contributed by atoms with E-state index in [1.807, 2.05) is 70.3 Å². The zero-order valence-electron chi connectivity index (χ0n) is 17.4. The molecule has 154 valence electrons. The molecule has 2 atom stereocenters. The zero-order chi connectivity index (χ0) is 21.3. The molecule has 1 aromatic carbocycles. The summed E-state index contributed by atoms with van der Waals surface area (Å²) in [6.07, 6.45) is 0. The minimum absolute atomic E-state index is 0.203. The molecule has 2 N–H and O–H groups in total. The highest BCUT2D eigenvalue weighted by atomic mass is 32.1. The minimum Gasteiger partial charge on any atom is -0.346 e. The van der Waals surface area contributed by atoms with Crippen molar-refractivity contribution < 1.29 is 14.4 Å². The number of nitrogens with zero attached hydrogens (tertiary/aromatic N) is 1. The van der Waals surface area contributed by atoms with Crippen molar-refractivity contribution in [2.24, 2.45) is 5.41 Å². The van der Waals surface area contributed by atoms with Crippen LogP contribution in [0.15, 0.2) is 35.7 Å². The summed E-state index contributed by atoms with van der Waals surface area (Å²) in [5.41, 5.74) is 2.56. The predicted molar refractivity (Wildman–Crippen MR) is 114 cm³/mol. The number of hydrogen-bond donors (Lipinski definition) is 2. The van der Waals surface area contributed by atoms with Crippen LogP contribution >= 0.6 is 11.3 Å². The molecule has 4 amide bonds. The van der Waals surface area contributed by atoms with Crippen LogP contribution in [0.2, 0.25) is 0 Å². The van der Waals surface area contributed by atoms with Crippen molar-refractivity contribution in [2.75, 3.05) is 6.54 Å². The molecule has 6 nitrogen and oxygen atoms in total. The standard InChI is InChI=1S/C22H27N3O3S/c1-13-8-6-9-15(14(13)2)18-20(27)25(21(28)24-18)12-17(26)23-19(22(3,4)5)16-10-7-11-29-16/h6-11,18-19H,12H2,1-5H3,(H,23,26)(H,24,28)/t18-,19+/m0/s1. The van der Waals surface area contributed by atoms with Crippen LogP contribution < -0.4 is 10.6 Å². The Morgan fingerprint density at radius 3 is 2.55 bits per heavy atom. The molecule has 2 aromatic rings. The number of hydrogen-bond acceptors (Lipinski definition) is 4. The van der Waals surface area contributed by atoms with Gasteiger partial charge in [0.25, 0.3) is 5.91 Å². The molecule has 1 saturated heterocycles. The van der Waals surface area contributed by atoms with Gasteiger partial charge in [0.05, 0.1) is 6.04 Å². The van der Waals surface area contributed by atoms with Gasteiger partial charge in [-0.25, -0.2) is 4.79 Å². The Morgan fingerprint density at radius 2 is 1.93 bits per heavy atom. The van der Waals surface area contributed by atoms with E-state index in [1.165, 1.54) is 0 Å². The first-order valence-electron chi connectivity index (χ1n) is 9.60. The van der Waals surface area contributed by atoms with Crippen molar-refractivity contribution >= 4 is 29.2 Å². The van der Waals surface area contributed by atoms with Crippen molar-refractivity contribution in [3.05, 3.63) is 57.3 Å². The largest absolute Gasteiger partial charge is 0.346 e. The van der Waals surface area contributed by atoms with Crippen LogP contribution in [0, 0.1) is 19.3 Å². The highest BCUT2D eigenvalue weighted by molar-refractivity contribution is 7.10. The third kappa shape index (κ3) is 4.34. The summed E-state index contributed by atoms with van der Waals surface area (Å²) in [5, 5.41) is 7.68. The van der Waals surface area contributed by atoms with E-state index in [2.05, 4.69) is 10.6 Å². The molecule has 1 aliphatic heterocycles. The topological polar surface area (TPSA) is 78.5 Å². The van der Waals surface area contributed by atoms with E-state index in [0.29, 0.717) is 0 Å². The molecule has 29 heavy (non-hydrogen) atoms. The van der Waals surface area contributed by atoms with Gasteiger partial charge in [-0.15, -0.1) is 11.3 Å². The molecule has 2 heterocycles. The van der Waals surface area contributed by atoms with Crippen LogP contribution in [0.3, 0.4) is 0 Å². The molecule has 0 saturated carbocycles. The van der Waals surface area contributed by atoms with Crippen molar-refractivity contribution in [1.29, 1.82) is 0 Å². The lowest BCUT2D eigenvalue weighted by Crippen LogP contribution is -2.44. The molecule has 7 heteroatoms. The monoisotopic (exact) mass is 413 g/mol. The van der Waals surface area contributed by atoms with Crippen molar-refractivity contribution in [2.45, 2.75) is 46.7 Å². The third-order valence-corrected chi connectivity index (χ3v) is 6.22. The number of nitrogens with one attached hydrogen (secondary N) is 2. The summed E-state index contributed by atoms with van der Waals surface area (Å²) in [6, 6.07) is 8.07. The summed E-state index contributed by atoms with van der Waals surface area (Å²) >= 11 is 1.57. The minimum atomic E-state index is -0.758. The Hall–Kier alpha value is -2.67. The number of carbonyl (C=O) groups is 3. The normalized spacial score (nSPS) is 18.0. The van der Waals surface area contributed by atoms with Gasteiger partial charge in [-0.05, 0) is 47.4 Å². The number of benzene rings is 1. The van der Waals surface area contributed by atoms with Crippen LogP contribution in [-0.4, -0.2) is 29.3 Å². The van der Waals surface area contributed by atoms with Crippen molar-refractivity contribution in [3.8, 4) is 0 Å². The maximum atomic E-state index is 12.9. The van der Waals surface area contributed by atoms with Crippen LogP contribution in [0.1, 0.15) is 54.4 Å². The van der Waals surface area contributed by atoms with E-state index in [1.54, 1.807) is 11.3 Å². The number of amides is 4. The second-order valence-corrected chi connectivity index (χ2v) is 9.46. The molecule has 1 aromatic heterocycles. The van der Waals surface area contributed by atoms with Gasteiger partial charge in [0.15, 0.2) is 0 Å². The van der Waals surface area contributed by atoms with Gasteiger partial charge in [0.2, 0.25) is 5.91 Å². The van der Waals surface area contributed by atoms with E-state index in [9.17, 15) is 14.4 Å². The quantitative estimate of drug-likeness (QED) is 0.731. The predicted octanol–water partition coefficient (Wildman–Crippen LogP) is 3.86. The van der Waals surface area contributed by atoms with Gasteiger partial charge in [0.1, 0.15) is 12.6 Å². The Morgan fingerprint density at radius 1 is 1.21 bits per heavy atom. The fourth-order valence-electron chi connectivity index (χ4n) is 3.49. The van der Waals surface area contributed by atoms with Gasteiger partial charge in [-0.2, -0.15) is 0 Å². The van der Waals surface area contributed by atoms with E-state index in [0.717, 1.165) is 26.5 Å². The van der Waals surface area contributed by atoms with Crippen LogP contribution in [0.5, 0.6) is 0 Å². The Kier molecular flexibility index (Phi) is 5.80. The highest BCUT2D eigenvalue weighted by Crippen LogP contribution is 2.35. The molecule has 3 rings (SSSR count). The summed E-state index contributed by atoms with van der Waals surface area (Å²) in [7, 11) is 0. The average Bonchev–Trinajstić information content (AvgIpc) is 3.25. The number of rotatable bonds is 5. The maximum Gasteiger partial charge on any atom is 0.325 e. The van der Waals surface area contributed by atoms with Crippen molar-refractivity contribution in [1.82, 2.24) is 15.5 Å². The first-order valence-corrected chi connectivity index (χ1v) is 10.5. The smallest absolute Gasteiger partial charge is 0.325 e. The number of urea groups is 1. The number of aryl methyl sites for hydroxylation is 1. The van der Waals surface area contributed by atoms with E-state index in [4.69, 9.17) is 0 Å². The first-order chi connectivity index (χ1) is 13.6. The molecular formula is C22H27N3O3S. The fourth-order valence-corrected chi connectivity index (χ4v) is 4.51. The number of carbonyl (C=O) groups excluding carboxylic acids is 3. The molecule has 0 bridgehead atoms. The molecule has 0 spiro atoms. The molecule has 0 unspecified atom stereocenters. The first kappa shape index (κ1) is 21.0. The third-order valence-electron chi connectivity index (χ3n) is 5.28. The SMILES string of the molecule is Cc1cccc([C@@H]2NC(=O)N(CC(=O)N[C@H](c3cccs3)C(C)(C)C)C2=O)c1C. The van der Waals surface area contributed by atoms with Gasteiger partial charge in [0, 0.05) is 4.88 Å². The summed E-state index contributed by atoms with van der Waals surface area (Å²) in [4.78, 5) is 40.1.